The van der Waals surface area contributed by atoms with Crippen molar-refractivity contribution in [1.29, 1.82) is 0 Å². The van der Waals surface area contributed by atoms with Crippen LogP contribution in [0, 0.1) is 0 Å². The third kappa shape index (κ3) is 7.12. The van der Waals surface area contributed by atoms with E-state index in [9.17, 15) is 4.79 Å². The quantitative estimate of drug-likeness (QED) is 0.201. The molecule has 0 aliphatic carbocycles. The molecule has 1 amide bonds. The molecule has 1 aromatic carbocycles. The Kier molecular flexibility index (Phi) is 8.62. The number of fused-ring (bicyclic) bond motifs is 3. The maximum absolute atomic E-state index is 12.5. The third-order valence-electron chi connectivity index (χ3n) is 6.21. The smallest absolute Gasteiger partial charge is 0.408 e. The molecule has 4 aromatic heterocycles. The molecule has 5 aromatic rings. The first kappa shape index (κ1) is 29.6. The van der Waals surface area contributed by atoms with Crippen molar-refractivity contribution in [1.82, 2.24) is 25.3 Å². The van der Waals surface area contributed by atoms with Crippen molar-refractivity contribution in [2.24, 2.45) is 0 Å². The number of rotatable bonds is 10. The number of benzene rings is 1. The number of alkyl carbamates (subject to hydrolysis) is 1. The Balaban J connectivity index is 1.40. The number of ether oxygens (including phenoxy) is 5. The van der Waals surface area contributed by atoms with Crippen LogP contribution in [0.2, 0.25) is 0 Å². The van der Waals surface area contributed by atoms with Gasteiger partial charge >= 0.3 is 6.09 Å². The van der Waals surface area contributed by atoms with Gasteiger partial charge in [0, 0.05) is 46.4 Å². The van der Waals surface area contributed by atoms with E-state index in [4.69, 9.17) is 29.4 Å². The lowest BCUT2D eigenvalue weighted by Gasteiger charge is -2.23. The summed E-state index contributed by atoms with van der Waals surface area (Å²) < 4.78 is 28.1. The highest BCUT2D eigenvalue weighted by Gasteiger charge is 2.21. The lowest BCUT2D eigenvalue weighted by molar-refractivity contribution is 0.0465. The second-order valence-corrected chi connectivity index (χ2v) is 11.4. The second kappa shape index (κ2) is 12.5. The molecule has 0 saturated carbocycles. The van der Waals surface area contributed by atoms with Crippen LogP contribution in [0.4, 0.5) is 10.6 Å². The van der Waals surface area contributed by atoms with E-state index >= 15 is 0 Å². The minimum atomic E-state index is -0.656. The van der Waals surface area contributed by atoms with E-state index in [0.717, 1.165) is 16.3 Å². The summed E-state index contributed by atoms with van der Waals surface area (Å²) in [4.78, 5) is 30.1. The topological polar surface area (TPSA) is 153 Å². The minimum absolute atomic E-state index is 0.0843. The van der Waals surface area contributed by atoms with Gasteiger partial charge in [-0.1, -0.05) is 11.3 Å². The Morgan fingerprint density at radius 3 is 2.44 bits per heavy atom. The van der Waals surface area contributed by atoms with Gasteiger partial charge in [0.25, 0.3) is 5.19 Å². The Labute approximate surface area is 252 Å². The zero-order chi connectivity index (χ0) is 30.6. The van der Waals surface area contributed by atoms with Crippen LogP contribution in [0.15, 0.2) is 54.4 Å². The molecule has 0 unspecified atom stereocenters. The van der Waals surface area contributed by atoms with E-state index in [1.807, 2.05) is 18.2 Å². The van der Waals surface area contributed by atoms with Gasteiger partial charge in [-0.15, -0.1) is 0 Å². The van der Waals surface area contributed by atoms with Gasteiger partial charge < -0.3 is 34.7 Å². The van der Waals surface area contributed by atoms with Crippen LogP contribution in [-0.2, 0) is 4.74 Å². The summed E-state index contributed by atoms with van der Waals surface area (Å²) in [5, 5.41) is 7.49. The summed E-state index contributed by atoms with van der Waals surface area (Å²) in [5.74, 6) is 1.94. The molecule has 4 heterocycles. The lowest BCUT2D eigenvalue weighted by Crippen LogP contribution is -2.45. The van der Waals surface area contributed by atoms with Crippen molar-refractivity contribution in [3.8, 4) is 33.7 Å². The second-order valence-electron chi connectivity index (χ2n) is 10.5. The van der Waals surface area contributed by atoms with Crippen molar-refractivity contribution in [2.75, 3.05) is 33.2 Å². The highest BCUT2D eigenvalue weighted by molar-refractivity contribution is 7.11. The maximum atomic E-state index is 12.5. The van der Waals surface area contributed by atoms with Crippen molar-refractivity contribution in [3.05, 3.63) is 54.4 Å². The molecular weight excluding hydrogens is 572 g/mol. The summed E-state index contributed by atoms with van der Waals surface area (Å²) in [7, 11) is 3.16. The fraction of sp³-hybridized carbons (Fsp3) is 0.300. The van der Waals surface area contributed by atoms with Crippen molar-refractivity contribution < 1.29 is 28.5 Å². The zero-order valence-corrected chi connectivity index (χ0v) is 25.2. The van der Waals surface area contributed by atoms with Gasteiger partial charge in [-0.2, -0.15) is 0 Å². The maximum Gasteiger partial charge on any atom is 0.408 e. The van der Waals surface area contributed by atoms with Gasteiger partial charge in [0.1, 0.15) is 36.4 Å². The Bertz CT molecular complexity index is 1740. The lowest BCUT2D eigenvalue weighted by atomic mass is 10.0. The molecule has 0 bridgehead atoms. The van der Waals surface area contributed by atoms with Gasteiger partial charge in [0.05, 0.1) is 31.6 Å². The first-order valence-corrected chi connectivity index (χ1v) is 14.2. The summed E-state index contributed by atoms with van der Waals surface area (Å²) in [5.41, 5.74) is 7.74. The van der Waals surface area contributed by atoms with E-state index in [1.54, 1.807) is 71.2 Å². The molecule has 0 aliphatic heterocycles. The molecule has 224 valence electrons. The largest absolute Gasteiger partial charge is 0.493 e. The molecule has 5 rings (SSSR count). The summed E-state index contributed by atoms with van der Waals surface area (Å²) in [6.45, 7) is 5.59. The molecule has 43 heavy (non-hydrogen) atoms. The highest BCUT2D eigenvalue weighted by Crippen LogP contribution is 2.37. The van der Waals surface area contributed by atoms with E-state index in [0.29, 0.717) is 44.9 Å². The van der Waals surface area contributed by atoms with Crippen LogP contribution in [0.5, 0.6) is 22.4 Å². The fourth-order valence-corrected chi connectivity index (χ4v) is 4.80. The highest BCUT2D eigenvalue weighted by atomic mass is 32.1. The van der Waals surface area contributed by atoms with Crippen LogP contribution in [0.25, 0.3) is 32.9 Å². The predicted molar refractivity (Wildman–Crippen MR) is 164 cm³/mol. The molecule has 0 radical (unpaired) electrons. The summed E-state index contributed by atoms with van der Waals surface area (Å²) in [6.07, 6.45) is 6.01. The summed E-state index contributed by atoms with van der Waals surface area (Å²) >= 11 is 1.35. The van der Waals surface area contributed by atoms with Crippen molar-refractivity contribution in [3.63, 3.8) is 0 Å². The van der Waals surface area contributed by atoms with Gasteiger partial charge in [-0.25, -0.2) is 14.8 Å². The SMILES string of the molecule is COc1cc2ncc3c(N)nc(-c4cncc(OC[C@H](COc5nccs5)NC(=O)OC(C)(C)C)c4)cc3c2cc1OC. The molecule has 0 saturated heterocycles. The third-order valence-corrected chi connectivity index (χ3v) is 6.89. The molecule has 0 fully saturated rings. The minimum Gasteiger partial charge on any atom is -0.493 e. The van der Waals surface area contributed by atoms with E-state index < -0.39 is 17.7 Å². The van der Waals surface area contributed by atoms with E-state index in [-0.39, 0.29) is 13.2 Å². The average molecular weight is 605 g/mol. The van der Waals surface area contributed by atoms with Crippen LogP contribution in [0.1, 0.15) is 20.8 Å². The number of aromatic nitrogens is 4. The number of nitrogens with zero attached hydrogens (tertiary/aromatic N) is 4. The number of carbonyl (C=O) groups is 1. The van der Waals surface area contributed by atoms with Crippen LogP contribution < -0.4 is 30.0 Å². The summed E-state index contributed by atoms with van der Waals surface area (Å²) in [6, 6.07) is 6.88. The number of carbonyl (C=O) groups excluding carboxylic acids is 1. The number of nitrogen functional groups attached to an aromatic ring is 1. The van der Waals surface area contributed by atoms with E-state index in [1.165, 1.54) is 11.3 Å². The van der Waals surface area contributed by atoms with Crippen LogP contribution in [0.3, 0.4) is 0 Å². The number of anilines is 1. The molecule has 12 nitrogen and oxygen atoms in total. The average Bonchev–Trinajstić information content (AvgIpc) is 3.50. The number of thiazole rings is 1. The Hall–Kier alpha value is -4.91. The van der Waals surface area contributed by atoms with Crippen LogP contribution >= 0.6 is 11.3 Å². The standard InChI is InChI=1S/C30H32N6O6S/c1-30(2,3)42-28(37)35-18(16-41-29-33-6-7-43-29)15-40-19-8-17(12-32-13-19)23-9-20-21-10-25(38-4)26(39-5)11-24(21)34-14-22(20)27(31)36-23/h6-14,18H,15-16H2,1-5H3,(H2,31,36)(H,35,37)/t18-/m1/s1. The van der Waals surface area contributed by atoms with Crippen molar-refractivity contribution in [2.45, 2.75) is 32.4 Å². The number of nitrogens with two attached hydrogens (primary N) is 1. The first-order valence-electron chi connectivity index (χ1n) is 13.3. The van der Waals surface area contributed by atoms with Gasteiger partial charge in [-0.3, -0.25) is 9.97 Å². The number of nitrogens with one attached hydrogen (secondary N) is 1. The van der Waals surface area contributed by atoms with Gasteiger partial charge in [0.2, 0.25) is 0 Å². The molecule has 1 atom stereocenters. The van der Waals surface area contributed by atoms with Crippen LogP contribution in [-0.4, -0.2) is 65.1 Å². The molecule has 0 spiro atoms. The normalized spacial score (nSPS) is 12.1. The first-order chi connectivity index (χ1) is 20.6. The Morgan fingerprint density at radius 1 is 0.953 bits per heavy atom. The molecule has 3 N–H and O–H groups in total. The predicted octanol–water partition coefficient (Wildman–Crippen LogP) is 5.25. The van der Waals surface area contributed by atoms with Gasteiger partial charge in [-0.05, 0) is 44.4 Å². The number of hydrogen-bond acceptors (Lipinski definition) is 12. The molecular formula is C30H32N6O6S. The molecule has 0 aliphatic rings. The fourth-order valence-electron chi connectivity index (χ4n) is 4.30. The monoisotopic (exact) mass is 604 g/mol. The van der Waals surface area contributed by atoms with Crippen molar-refractivity contribution >= 4 is 44.9 Å². The Morgan fingerprint density at radius 2 is 1.72 bits per heavy atom. The number of amides is 1. The van der Waals surface area contributed by atoms with E-state index in [2.05, 4.69) is 25.3 Å². The molecule has 13 heteroatoms. The number of methoxy groups -OCH3 is 2. The zero-order valence-electron chi connectivity index (χ0n) is 24.4. The number of hydrogen-bond donors (Lipinski definition) is 2. The number of pyridine rings is 3. The van der Waals surface area contributed by atoms with Gasteiger partial charge in [0.15, 0.2) is 11.5 Å².